The zero-order valence-electron chi connectivity index (χ0n) is 5.57. The molecule has 0 fully saturated rings. The Labute approximate surface area is 95.4 Å². The number of hydrogen-bond donors (Lipinski definition) is 0. The fraction of sp³-hybridized carbons (Fsp3) is 0. The molecule has 0 aromatic carbocycles. The summed E-state index contributed by atoms with van der Waals surface area (Å²) in [5.74, 6) is 0. The average molecular weight is 221 g/mol. The first-order chi connectivity index (χ1) is 4.52. The van der Waals surface area contributed by atoms with Crippen molar-refractivity contribution < 1.29 is 42.5 Å². The van der Waals surface area contributed by atoms with E-state index in [0.717, 1.165) is 11.3 Å². The molecule has 0 amide bonds. The summed E-state index contributed by atoms with van der Waals surface area (Å²) in [6, 6.07) is 1.19. The van der Waals surface area contributed by atoms with Crippen molar-refractivity contribution >= 4 is 33.1 Å². The van der Waals surface area contributed by atoms with Crippen molar-refractivity contribution in [2.45, 2.75) is 4.90 Å². The van der Waals surface area contributed by atoms with E-state index in [1.54, 1.807) is 0 Å². The van der Waals surface area contributed by atoms with Crippen molar-refractivity contribution in [3.8, 4) is 0 Å². The Balaban J connectivity index is 0.000001000. The third-order valence-electron chi connectivity index (χ3n) is 0.854. The molecular weight excluding hydrogens is 219 g/mol. The van der Waals surface area contributed by atoms with Crippen molar-refractivity contribution in [1.82, 2.24) is 0 Å². The van der Waals surface area contributed by atoms with Crippen LogP contribution in [-0.2, 0) is 10.1 Å². The minimum absolute atomic E-state index is 0. The van der Waals surface area contributed by atoms with Gasteiger partial charge in [0.25, 0.3) is 0 Å². The summed E-state index contributed by atoms with van der Waals surface area (Å²) < 4.78 is 30.9. The van der Waals surface area contributed by atoms with E-state index < -0.39 is 10.1 Å². The molecule has 0 atom stereocenters. The van der Waals surface area contributed by atoms with E-state index >= 15 is 0 Å². The minimum Gasteiger partial charge on any atom is -0.744 e. The topological polar surface area (TPSA) is 57.2 Å². The quantitative estimate of drug-likeness (QED) is 0.419. The molecule has 0 unspecified atom stereocenters. The van der Waals surface area contributed by atoms with Gasteiger partial charge in [0.15, 0.2) is 0 Å². The Hall–Kier alpha value is 0.900. The molecule has 0 radical (unpaired) electrons. The van der Waals surface area contributed by atoms with E-state index in [0.29, 0.717) is 0 Å². The second-order valence-corrected chi connectivity index (χ2v) is 4.38. The van der Waals surface area contributed by atoms with Crippen LogP contribution in [0.1, 0.15) is 0 Å². The third-order valence-corrected chi connectivity index (χ3v) is 3.14. The molecule has 1 rings (SSSR count). The van der Waals surface area contributed by atoms with E-state index in [4.69, 9.17) is 11.6 Å². The maximum atomic E-state index is 10.3. The van der Waals surface area contributed by atoms with Gasteiger partial charge in [-0.3, -0.25) is 0 Å². The minimum atomic E-state index is -4.36. The summed E-state index contributed by atoms with van der Waals surface area (Å²) in [7, 11) is -4.36. The molecule has 1 aromatic heterocycles. The number of rotatable bonds is 1. The smallest absolute Gasteiger partial charge is 0.744 e. The molecule has 7 heteroatoms. The van der Waals surface area contributed by atoms with Crippen LogP contribution in [0, 0.1) is 0 Å². The van der Waals surface area contributed by atoms with E-state index in [1.807, 2.05) is 0 Å². The van der Waals surface area contributed by atoms with E-state index in [2.05, 4.69) is 0 Å². The maximum absolute atomic E-state index is 10.3. The molecule has 0 aliphatic carbocycles. The average Bonchev–Trinajstić information content (AvgIpc) is 2.11. The first-order valence-corrected chi connectivity index (χ1v) is 4.87. The van der Waals surface area contributed by atoms with Crippen LogP contribution in [0.25, 0.3) is 0 Å². The van der Waals surface area contributed by atoms with Gasteiger partial charge in [-0.25, -0.2) is 8.42 Å². The zero-order chi connectivity index (χ0) is 7.78. The molecule has 3 nitrogen and oxygen atoms in total. The predicted octanol–water partition coefficient (Wildman–Crippen LogP) is -1.69. The summed E-state index contributed by atoms with van der Waals surface area (Å²) >= 11 is 6.38. The van der Waals surface area contributed by atoms with Crippen LogP contribution in [-0.4, -0.2) is 13.0 Å². The van der Waals surface area contributed by atoms with Gasteiger partial charge < -0.3 is 4.55 Å². The summed E-state index contributed by atoms with van der Waals surface area (Å²) in [4.78, 5) is -0.334. The van der Waals surface area contributed by atoms with Gasteiger partial charge in [0, 0.05) is 0 Å². The predicted molar refractivity (Wildman–Crippen MR) is 37.3 cm³/mol. The summed E-state index contributed by atoms with van der Waals surface area (Å²) in [5.41, 5.74) is 0. The normalized spacial score (nSPS) is 10.7. The van der Waals surface area contributed by atoms with Crippen LogP contribution in [0.4, 0.5) is 0 Å². The zero-order valence-corrected chi connectivity index (χ0v) is 9.96. The Morgan fingerprint density at radius 3 is 2.27 bits per heavy atom. The van der Waals surface area contributed by atoms with Gasteiger partial charge in [0.05, 0.1) is 4.90 Å². The monoisotopic (exact) mass is 220 g/mol. The van der Waals surface area contributed by atoms with Gasteiger partial charge in [-0.05, 0) is 11.4 Å². The van der Waals surface area contributed by atoms with E-state index in [-0.39, 0.29) is 38.8 Å². The number of hydrogen-bond acceptors (Lipinski definition) is 4. The van der Waals surface area contributed by atoms with Crippen molar-refractivity contribution in [3.05, 3.63) is 15.8 Å². The number of halogens is 1. The molecule has 0 spiro atoms. The molecule has 0 saturated heterocycles. The molecule has 0 bridgehead atoms. The molecule has 0 N–H and O–H groups in total. The van der Waals surface area contributed by atoms with Crippen LogP contribution in [0.3, 0.4) is 0 Å². The molecule has 0 aliphatic rings. The van der Waals surface area contributed by atoms with Crippen LogP contribution < -0.4 is 29.6 Å². The number of thiophene rings is 1. The Morgan fingerprint density at radius 2 is 2.09 bits per heavy atom. The van der Waals surface area contributed by atoms with Crippen molar-refractivity contribution in [2.24, 2.45) is 0 Å². The van der Waals surface area contributed by atoms with Gasteiger partial charge >= 0.3 is 29.6 Å². The first kappa shape index (κ1) is 11.9. The van der Waals surface area contributed by atoms with Crippen LogP contribution >= 0.6 is 22.9 Å². The largest absolute Gasteiger partial charge is 1.00 e. The van der Waals surface area contributed by atoms with Gasteiger partial charge in [-0.15, -0.1) is 11.3 Å². The first-order valence-electron chi connectivity index (χ1n) is 2.20. The van der Waals surface area contributed by atoms with Crippen molar-refractivity contribution in [2.75, 3.05) is 0 Å². The molecule has 11 heavy (non-hydrogen) atoms. The Bertz CT molecular complexity index is 331. The van der Waals surface area contributed by atoms with E-state index in [9.17, 15) is 13.0 Å². The molecule has 1 heterocycles. The standard InChI is InChI=1S/C4H3ClO3S2.Na/c5-4-3(1-2-9-4)10(6,7)8;/h1-2H,(H,6,7,8);/q;+1/p-1. The molecule has 0 saturated carbocycles. The maximum Gasteiger partial charge on any atom is 1.00 e. The summed E-state index contributed by atoms with van der Waals surface area (Å²) in [6.07, 6.45) is 0. The molecule has 0 aliphatic heterocycles. The summed E-state index contributed by atoms with van der Waals surface area (Å²) in [5, 5.41) is 1.45. The SMILES string of the molecule is O=S(=O)([O-])c1ccsc1Cl.[Na+]. The van der Waals surface area contributed by atoms with Crippen LogP contribution in [0.5, 0.6) is 0 Å². The second kappa shape index (κ2) is 4.23. The van der Waals surface area contributed by atoms with Gasteiger partial charge in [-0.2, -0.15) is 0 Å². The van der Waals surface area contributed by atoms with Gasteiger partial charge in [0.2, 0.25) is 0 Å². The fourth-order valence-electron chi connectivity index (χ4n) is 0.461. The van der Waals surface area contributed by atoms with Crippen molar-refractivity contribution in [3.63, 3.8) is 0 Å². The molecular formula is C4H2ClNaO3S2. The van der Waals surface area contributed by atoms with Crippen LogP contribution in [0.2, 0.25) is 4.34 Å². The second-order valence-electron chi connectivity index (χ2n) is 1.51. The van der Waals surface area contributed by atoms with E-state index in [1.165, 1.54) is 11.4 Å². The Morgan fingerprint density at radius 1 is 1.55 bits per heavy atom. The van der Waals surface area contributed by atoms with Crippen molar-refractivity contribution in [1.29, 1.82) is 0 Å². The summed E-state index contributed by atoms with van der Waals surface area (Å²) in [6.45, 7) is 0. The molecule has 1 aromatic rings. The molecule has 56 valence electrons. The van der Waals surface area contributed by atoms with Crippen LogP contribution in [0.15, 0.2) is 16.3 Å². The fourth-order valence-corrected chi connectivity index (χ4v) is 2.44. The Kier molecular flexibility index (Phi) is 4.57. The van der Waals surface area contributed by atoms with Gasteiger partial charge in [0.1, 0.15) is 14.5 Å². The van der Waals surface area contributed by atoms with Gasteiger partial charge in [-0.1, -0.05) is 11.6 Å². The third kappa shape index (κ3) is 3.02.